The zero-order valence-corrected chi connectivity index (χ0v) is 10.8. The molecule has 1 aliphatic rings. The molecule has 1 aliphatic heterocycles. The van der Waals surface area contributed by atoms with Crippen molar-refractivity contribution in [3.05, 3.63) is 10.8 Å². The fraction of sp³-hybridized carbons (Fsp3) is 0.833. The van der Waals surface area contributed by atoms with Gasteiger partial charge in [0.1, 0.15) is 0 Å². The Morgan fingerprint density at radius 2 is 1.43 bits per heavy atom. The zero-order valence-electron chi connectivity index (χ0n) is 9.21. The molecule has 0 spiro atoms. The molecule has 0 unspecified atom stereocenters. The summed E-state index contributed by atoms with van der Waals surface area (Å²) >= 11 is 3.99. The standard InChI is InChI=1S/C12H22S2/c1-2-3-4-5-6-7-8-9-12-13-10-11-14-12/h10-12H,2-9H2,1H3. The van der Waals surface area contributed by atoms with E-state index in [1.54, 1.807) is 0 Å². The van der Waals surface area contributed by atoms with Gasteiger partial charge < -0.3 is 0 Å². The van der Waals surface area contributed by atoms with Crippen LogP contribution < -0.4 is 0 Å². The van der Waals surface area contributed by atoms with Gasteiger partial charge in [0.15, 0.2) is 0 Å². The third-order valence-corrected chi connectivity index (χ3v) is 5.06. The maximum Gasteiger partial charge on any atom is 0.0585 e. The molecule has 0 aliphatic carbocycles. The minimum Gasteiger partial charge on any atom is -0.119 e. The van der Waals surface area contributed by atoms with E-state index >= 15 is 0 Å². The Hall–Kier alpha value is 0.440. The molecule has 0 aromatic carbocycles. The highest BCUT2D eigenvalue weighted by molar-refractivity contribution is 8.22. The zero-order chi connectivity index (χ0) is 10.1. The molecule has 0 atom stereocenters. The van der Waals surface area contributed by atoms with Crippen molar-refractivity contribution < 1.29 is 0 Å². The van der Waals surface area contributed by atoms with Crippen molar-refractivity contribution in [3.63, 3.8) is 0 Å². The molecule has 0 saturated carbocycles. The monoisotopic (exact) mass is 230 g/mol. The summed E-state index contributed by atoms with van der Waals surface area (Å²) in [6.45, 7) is 2.28. The molecule has 0 fully saturated rings. The van der Waals surface area contributed by atoms with Crippen LogP contribution in [-0.4, -0.2) is 4.58 Å². The summed E-state index contributed by atoms with van der Waals surface area (Å²) in [5, 5.41) is 4.47. The first-order valence-corrected chi connectivity index (χ1v) is 7.78. The molecule has 82 valence electrons. The number of rotatable bonds is 8. The maximum atomic E-state index is 2.28. The van der Waals surface area contributed by atoms with Gasteiger partial charge in [0.05, 0.1) is 4.58 Å². The molecule has 0 amide bonds. The van der Waals surface area contributed by atoms with Crippen LogP contribution in [-0.2, 0) is 0 Å². The molecule has 0 bridgehead atoms. The average Bonchev–Trinajstić information content (AvgIpc) is 2.69. The molecule has 1 heterocycles. The average molecular weight is 230 g/mol. The third kappa shape index (κ3) is 6.02. The van der Waals surface area contributed by atoms with Crippen molar-refractivity contribution in [2.75, 3.05) is 0 Å². The lowest BCUT2D eigenvalue weighted by atomic mass is 10.1. The lowest BCUT2D eigenvalue weighted by Crippen LogP contribution is -1.91. The van der Waals surface area contributed by atoms with Crippen LogP contribution in [0.2, 0.25) is 0 Å². The fourth-order valence-corrected chi connectivity index (χ4v) is 3.79. The van der Waals surface area contributed by atoms with Crippen molar-refractivity contribution in [2.24, 2.45) is 0 Å². The smallest absolute Gasteiger partial charge is 0.0585 e. The highest BCUT2D eigenvalue weighted by Crippen LogP contribution is 2.36. The molecule has 0 aromatic heterocycles. The summed E-state index contributed by atoms with van der Waals surface area (Å²) in [7, 11) is 0. The first kappa shape index (κ1) is 12.5. The number of unbranched alkanes of at least 4 members (excludes halogenated alkanes) is 6. The fourth-order valence-electron chi connectivity index (χ4n) is 1.68. The third-order valence-electron chi connectivity index (χ3n) is 2.56. The van der Waals surface area contributed by atoms with Crippen LogP contribution in [0.15, 0.2) is 10.8 Å². The van der Waals surface area contributed by atoms with Gasteiger partial charge in [0.2, 0.25) is 0 Å². The van der Waals surface area contributed by atoms with Gasteiger partial charge in [-0.3, -0.25) is 0 Å². The number of hydrogen-bond acceptors (Lipinski definition) is 2. The van der Waals surface area contributed by atoms with Crippen LogP contribution in [0.4, 0.5) is 0 Å². The SMILES string of the molecule is CCCCCCCCCC1SC=CS1. The van der Waals surface area contributed by atoms with Gasteiger partial charge in [-0.15, -0.1) is 23.5 Å². The Bertz CT molecular complexity index is 146. The van der Waals surface area contributed by atoms with Crippen molar-refractivity contribution in [2.45, 2.75) is 62.9 Å². The topological polar surface area (TPSA) is 0 Å². The molecule has 2 heteroatoms. The van der Waals surface area contributed by atoms with Crippen LogP contribution in [0, 0.1) is 0 Å². The number of hydrogen-bond donors (Lipinski definition) is 0. The Labute approximate surface area is 97.3 Å². The van der Waals surface area contributed by atoms with E-state index in [2.05, 4.69) is 17.7 Å². The highest BCUT2D eigenvalue weighted by atomic mass is 32.2. The van der Waals surface area contributed by atoms with E-state index in [1.165, 1.54) is 51.4 Å². The first-order valence-electron chi connectivity index (χ1n) is 5.89. The van der Waals surface area contributed by atoms with Crippen molar-refractivity contribution in [1.82, 2.24) is 0 Å². The van der Waals surface area contributed by atoms with Crippen molar-refractivity contribution >= 4 is 23.5 Å². The maximum absolute atomic E-state index is 2.28. The van der Waals surface area contributed by atoms with E-state index in [1.807, 2.05) is 23.5 Å². The first-order chi connectivity index (χ1) is 6.93. The summed E-state index contributed by atoms with van der Waals surface area (Å²) in [4.78, 5) is 0. The summed E-state index contributed by atoms with van der Waals surface area (Å²) in [5.74, 6) is 0. The van der Waals surface area contributed by atoms with E-state index in [4.69, 9.17) is 0 Å². The molecule has 0 nitrogen and oxygen atoms in total. The summed E-state index contributed by atoms with van der Waals surface area (Å²) in [5.41, 5.74) is 0. The minimum absolute atomic E-state index is 0.839. The second-order valence-electron chi connectivity index (χ2n) is 3.88. The second-order valence-corrected chi connectivity index (χ2v) is 6.41. The van der Waals surface area contributed by atoms with E-state index in [0.29, 0.717) is 0 Å². The Morgan fingerprint density at radius 1 is 0.857 bits per heavy atom. The van der Waals surface area contributed by atoms with Gasteiger partial charge in [-0.25, -0.2) is 0 Å². The lowest BCUT2D eigenvalue weighted by Gasteiger charge is -2.06. The van der Waals surface area contributed by atoms with E-state index < -0.39 is 0 Å². The molecular formula is C12H22S2. The molecule has 0 aromatic rings. The van der Waals surface area contributed by atoms with E-state index in [0.717, 1.165) is 4.58 Å². The Balaban J connectivity index is 1.75. The second kappa shape index (κ2) is 8.72. The minimum atomic E-state index is 0.839. The molecule has 0 radical (unpaired) electrons. The van der Waals surface area contributed by atoms with E-state index in [-0.39, 0.29) is 0 Å². The number of thioether (sulfide) groups is 2. The normalized spacial score (nSPS) is 16.6. The lowest BCUT2D eigenvalue weighted by molar-refractivity contribution is 0.584. The van der Waals surface area contributed by atoms with Crippen LogP contribution in [0.5, 0.6) is 0 Å². The van der Waals surface area contributed by atoms with Crippen LogP contribution in [0.3, 0.4) is 0 Å². The quantitative estimate of drug-likeness (QED) is 0.512. The highest BCUT2D eigenvalue weighted by Gasteiger charge is 2.10. The van der Waals surface area contributed by atoms with Gasteiger partial charge in [-0.1, -0.05) is 51.9 Å². The summed E-state index contributed by atoms with van der Waals surface area (Å²) in [6.07, 6.45) is 11.4. The predicted octanol–water partition coefficient (Wildman–Crippen LogP) is 5.40. The van der Waals surface area contributed by atoms with Crippen LogP contribution >= 0.6 is 23.5 Å². The molecule has 0 saturated heterocycles. The molecule has 0 N–H and O–H groups in total. The molecule has 14 heavy (non-hydrogen) atoms. The van der Waals surface area contributed by atoms with Crippen molar-refractivity contribution in [1.29, 1.82) is 0 Å². The molecule has 1 rings (SSSR count). The van der Waals surface area contributed by atoms with Crippen LogP contribution in [0.25, 0.3) is 0 Å². The summed E-state index contributed by atoms with van der Waals surface area (Å²) < 4.78 is 0.839. The summed E-state index contributed by atoms with van der Waals surface area (Å²) in [6, 6.07) is 0. The van der Waals surface area contributed by atoms with Gasteiger partial charge in [0, 0.05) is 0 Å². The van der Waals surface area contributed by atoms with Gasteiger partial charge >= 0.3 is 0 Å². The van der Waals surface area contributed by atoms with Crippen LogP contribution in [0.1, 0.15) is 58.3 Å². The van der Waals surface area contributed by atoms with Gasteiger partial charge in [0.25, 0.3) is 0 Å². The Morgan fingerprint density at radius 3 is 2.07 bits per heavy atom. The van der Waals surface area contributed by atoms with Gasteiger partial charge in [-0.05, 0) is 17.2 Å². The predicted molar refractivity (Wildman–Crippen MR) is 70.7 cm³/mol. The molecular weight excluding hydrogens is 208 g/mol. The van der Waals surface area contributed by atoms with E-state index in [9.17, 15) is 0 Å². The Kier molecular flexibility index (Phi) is 7.80. The largest absolute Gasteiger partial charge is 0.119 e. The van der Waals surface area contributed by atoms with Crippen molar-refractivity contribution in [3.8, 4) is 0 Å². The van der Waals surface area contributed by atoms with Gasteiger partial charge in [-0.2, -0.15) is 0 Å².